The summed E-state index contributed by atoms with van der Waals surface area (Å²) in [6, 6.07) is 4.15. The molecule has 1 saturated carbocycles. The number of thiocarbonyl (C=S) groups is 1. The maximum absolute atomic E-state index is 12.8. The third kappa shape index (κ3) is 3.20. The fourth-order valence-electron chi connectivity index (χ4n) is 2.92. The average Bonchev–Trinajstić information content (AvgIpc) is 2.97. The summed E-state index contributed by atoms with van der Waals surface area (Å²) in [5.74, 6) is 0.112. The van der Waals surface area contributed by atoms with Gasteiger partial charge in [-0.2, -0.15) is 0 Å². The molecule has 2 rings (SSSR count). The van der Waals surface area contributed by atoms with Crippen LogP contribution in [-0.4, -0.2) is 29.4 Å². The van der Waals surface area contributed by atoms with Crippen molar-refractivity contribution in [3.63, 3.8) is 0 Å². The lowest BCUT2D eigenvalue weighted by Gasteiger charge is -2.37. The van der Waals surface area contributed by atoms with Gasteiger partial charge in [-0.15, -0.1) is 11.3 Å². The van der Waals surface area contributed by atoms with Crippen molar-refractivity contribution in [1.82, 2.24) is 4.90 Å². The van der Waals surface area contributed by atoms with Gasteiger partial charge in [0, 0.05) is 18.5 Å². The van der Waals surface area contributed by atoms with Gasteiger partial charge in [-0.05, 0) is 30.7 Å². The first-order valence-electron chi connectivity index (χ1n) is 7.14. The monoisotopic (exact) mass is 310 g/mol. The minimum atomic E-state index is -0.586. The number of carbonyl (C=O) groups is 1. The minimum Gasteiger partial charge on any atom is -0.392 e. The number of nitrogens with zero attached hydrogens (tertiary/aromatic N) is 1. The standard InChI is InChI=1S/C15H22N2OS2/c1-17(10-7-12-6-5-11-20-12)14(18)15(13(16)19)8-3-2-4-9-15/h5-6,11H,2-4,7-10H2,1H3,(H2,16,19). The minimum absolute atomic E-state index is 0.112. The van der Waals surface area contributed by atoms with E-state index in [0.717, 1.165) is 38.6 Å². The van der Waals surface area contributed by atoms with Crippen molar-refractivity contribution in [2.75, 3.05) is 13.6 Å². The summed E-state index contributed by atoms with van der Waals surface area (Å²) in [5.41, 5.74) is 5.33. The van der Waals surface area contributed by atoms with Crippen LogP contribution in [0.3, 0.4) is 0 Å². The molecule has 1 heterocycles. The third-order valence-electron chi connectivity index (χ3n) is 4.21. The molecular weight excluding hydrogens is 288 g/mol. The first-order valence-corrected chi connectivity index (χ1v) is 8.43. The molecule has 0 aromatic carbocycles. The van der Waals surface area contributed by atoms with E-state index in [4.69, 9.17) is 18.0 Å². The maximum atomic E-state index is 12.8. The molecule has 1 fully saturated rings. The van der Waals surface area contributed by atoms with E-state index in [9.17, 15) is 4.79 Å². The Labute approximate surface area is 130 Å². The van der Waals surface area contributed by atoms with Gasteiger partial charge in [0.1, 0.15) is 0 Å². The summed E-state index contributed by atoms with van der Waals surface area (Å²) >= 11 is 6.95. The zero-order valence-corrected chi connectivity index (χ0v) is 13.6. The summed E-state index contributed by atoms with van der Waals surface area (Å²) in [4.78, 5) is 16.3. The Kier molecular flexibility index (Phi) is 5.16. The fraction of sp³-hybridized carbons (Fsp3) is 0.600. The molecule has 0 spiro atoms. The Balaban J connectivity index is 2.01. The van der Waals surface area contributed by atoms with E-state index >= 15 is 0 Å². The van der Waals surface area contributed by atoms with Gasteiger partial charge in [-0.25, -0.2) is 0 Å². The molecule has 0 radical (unpaired) electrons. The number of likely N-dealkylation sites (N-methyl/N-ethyl adjacent to an activating group) is 1. The van der Waals surface area contributed by atoms with Crippen LogP contribution in [0, 0.1) is 5.41 Å². The highest BCUT2D eigenvalue weighted by Gasteiger charge is 2.43. The first kappa shape index (κ1) is 15.4. The number of rotatable bonds is 5. The van der Waals surface area contributed by atoms with Gasteiger partial charge in [0.25, 0.3) is 0 Å². The largest absolute Gasteiger partial charge is 0.392 e. The SMILES string of the molecule is CN(CCc1cccs1)C(=O)C1(C(N)=S)CCCCC1. The molecule has 2 N–H and O–H groups in total. The molecule has 1 aromatic rings. The van der Waals surface area contributed by atoms with Crippen molar-refractivity contribution in [2.24, 2.45) is 11.1 Å². The van der Waals surface area contributed by atoms with Crippen molar-refractivity contribution < 1.29 is 4.79 Å². The second-order valence-corrected chi connectivity index (χ2v) is 7.04. The Morgan fingerprint density at radius 3 is 2.70 bits per heavy atom. The van der Waals surface area contributed by atoms with Gasteiger partial charge in [-0.3, -0.25) is 4.79 Å². The molecule has 0 aliphatic heterocycles. The number of hydrogen-bond donors (Lipinski definition) is 1. The zero-order valence-electron chi connectivity index (χ0n) is 11.9. The Hall–Kier alpha value is -0.940. The number of amides is 1. The molecule has 3 nitrogen and oxygen atoms in total. The van der Waals surface area contributed by atoms with Gasteiger partial charge >= 0.3 is 0 Å². The van der Waals surface area contributed by atoms with E-state index < -0.39 is 5.41 Å². The molecule has 20 heavy (non-hydrogen) atoms. The smallest absolute Gasteiger partial charge is 0.235 e. The number of carbonyl (C=O) groups excluding carboxylic acids is 1. The summed E-state index contributed by atoms with van der Waals surface area (Å²) in [6.07, 6.45) is 5.78. The van der Waals surface area contributed by atoms with Crippen molar-refractivity contribution in [3.8, 4) is 0 Å². The lowest BCUT2D eigenvalue weighted by molar-refractivity contribution is -0.138. The lowest BCUT2D eigenvalue weighted by atomic mass is 9.73. The highest BCUT2D eigenvalue weighted by molar-refractivity contribution is 7.80. The van der Waals surface area contributed by atoms with Gasteiger partial charge in [0.2, 0.25) is 5.91 Å². The zero-order chi connectivity index (χ0) is 14.6. The van der Waals surface area contributed by atoms with Crippen LogP contribution in [0.15, 0.2) is 17.5 Å². The first-order chi connectivity index (χ1) is 9.56. The average molecular weight is 310 g/mol. The molecule has 1 aliphatic carbocycles. The summed E-state index contributed by atoms with van der Waals surface area (Å²) in [6.45, 7) is 0.726. The molecule has 0 atom stereocenters. The predicted molar refractivity (Wildman–Crippen MR) is 88.0 cm³/mol. The van der Waals surface area contributed by atoms with Crippen LogP contribution in [0.1, 0.15) is 37.0 Å². The number of hydrogen-bond acceptors (Lipinski definition) is 3. The Morgan fingerprint density at radius 2 is 2.15 bits per heavy atom. The molecule has 1 amide bonds. The topological polar surface area (TPSA) is 46.3 Å². The molecule has 1 aromatic heterocycles. The maximum Gasteiger partial charge on any atom is 0.235 e. The molecule has 0 bridgehead atoms. The van der Waals surface area contributed by atoms with E-state index in [1.807, 2.05) is 18.0 Å². The molecule has 1 aliphatic rings. The van der Waals surface area contributed by atoms with Gasteiger partial charge < -0.3 is 10.6 Å². The van der Waals surface area contributed by atoms with E-state index in [0.29, 0.717) is 4.99 Å². The number of thiophene rings is 1. The van der Waals surface area contributed by atoms with E-state index in [-0.39, 0.29) is 5.91 Å². The van der Waals surface area contributed by atoms with Gasteiger partial charge in [-0.1, -0.05) is 37.5 Å². The van der Waals surface area contributed by atoms with Crippen LogP contribution >= 0.6 is 23.6 Å². The van der Waals surface area contributed by atoms with Crippen LogP contribution in [0.25, 0.3) is 0 Å². The predicted octanol–water partition coefficient (Wildman–Crippen LogP) is 2.99. The second kappa shape index (κ2) is 6.68. The lowest BCUT2D eigenvalue weighted by Crippen LogP contribution is -2.50. The molecule has 0 unspecified atom stereocenters. The molecule has 110 valence electrons. The van der Waals surface area contributed by atoms with E-state index in [1.54, 1.807) is 11.3 Å². The van der Waals surface area contributed by atoms with Crippen LogP contribution in [0.5, 0.6) is 0 Å². The van der Waals surface area contributed by atoms with Crippen LogP contribution in [0.4, 0.5) is 0 Å². The van der Waals surface area contributed by atoms with Gasteiger partial charge in [0.15, 0.2) is 0 Å². The molecular formula is C15H22N2OS2. The highest BCUT2D eigenvalue weighted by Crippen LogP contribution is 2.38. The Morgan fingerprint density at radius 1 is 1.45 bits per heavy atom. The third-order valence-corrected chi connectivity index (χ3v) is 5.54. The normalized spacial score (nSPS) is 17.6. The highest BCUT2D eigenvalue weighted by atomic mass is 32.1. The van der Waals surface area contributed by atoms with Crippen LogP contribution in [-0.2, 0) is 11.2 Å². The van der Waals surface area contributed by atoms with E-state index in [2.05, 4.69) is 11.4 Å². The summed E-state index contributed by atoms with van der Waals surface area (Å²) < 4.78 is 0. The van der Waals surface area contributed by atoms with Crippen molar-refractivity contribution in [1.29, 1.82) is 0 Å². The van der Waals surface area contributed by atoms with Gasteiger partial charge in [0.05, 0.1) is 10.4 Å². The molecule has 0 saturated heterocycles. The van der Waals surface area contributed by atoms with E-state index in [1.165, 1.54) is 11.3 Å². The van der Waals surface area contributed by atoms with Crippen molar-refractivity contribution in [2.45, 2.75) is 38.5 Å². The van der Waals surface area contributed by atoms with Crippen molar-refractivity contribution in [3.05, 3.63) is 22.4 Å². The fourth-order valence-corrected chi connectivity index (χ4v) is 3.91. The van der Waals surface area contributed by atoms with Crippen molar-refractivity contribution >= 4 is 34.5 Å². The van der Waals surface area contributed by atoms with Crippen LogP contribution < -0.4 is 5.73 Å². The second-order valence-electron chi connectivity index (χ2n) is 5.56. The Bertz CT molecular complexity index is 464. The van der Waals surface area contributed by atoms with Crippen LogP contribution in [0.2, 0.25) is 0 Å². The molecule has 5 heteroatoms. The summed E-state index contributed by atoms with van der Waals surface area (Å²) in [5, 5.41) is 2.06. The summed E-state index contributed by atoms with van der Waals surface area (Å²) in [7, 11) is 1.87. The number of nitrogens with two attached hydrogens (primary N) is 1. The quantitative estimate of drug-likeness (QED) is 0.851.